The van der Waals surface area contributed by atoms with Gasteiger partial charge < -0.3 is 4.52 Å². The molecule has 1 heterocycles. The average molecular weight is 343 g/mol. The number of sulfone groups is 1. The Kier molecular flexibility index (Phi) is 6.19. The molecular formula is C16H29N3O3S. The minimum atomic E-state index is -3.03. The van der Waals surface area contributed by atoms with Crippen LogP contribution in [0.4, 0.5) is 0 Å². The molecule has 6 nitrogen and oxygen atoms in total. The first kappa shape index (κ1) is 18.4. The van der Waals surface area contributed by atoms with Gasteiger partial charge in [0.2, 0.25) is 5.89 Å². The van der Waals surface area contributed by atoms with Crippen molar-refractivity contribution in [3.63, 3.8) is 0 Å². The first-order valence-corrected chi connectivity index (χ1v) is 10.4. The summed E-state index contributed by atoms with van der Waals surface area (Å²) in [6.45, 7) is 4.84. The maximum Gasteiger partial charge on any atom is 0.240 e. The quantitative estimate of drug-likeness (QED) is 0.757. The fourth-order valence-electron chi connectivity index (χ4n) is 3.29. The number of hydrogen-bond donors (Lipinski definition) is 0. The number of aryl methyl sites for hydroxylation is 1. The van der Waals surface area contributed by atoms with Gasteiger partial charge in [-0.2, -0.15) is 4.98 Å². The molecule has 1 saturated carbocycles. The molecule has 0 spiro atoms. The van der Waals surface area contributed by atoms with Crippen LogP contribution in [0.3, 0.4) is 0 Å². The number of aromatic nitrogens is 2. The van der Waals surface area contributed by atoms with Crippen molar-refractivity contribution in [1.29, 1.82) is 0 Å². The molecule has 1 aliphatic carbocycles. The summed E-state index contributed by atoms with van der Waals surface area (Å²) >= 11 is 0. The van der Waals surface area contributed by atoms with Gasteiger partial charge in [0.1, 0.15) is 0 Å². The van der Waals surface area contributed by atoms with Gasteiger partial charge in [0.15, 0.2) is 15.7 Å². The van der Waals surface area contributed by atoms with Crippen molar-refractivity contribution in [3.8, 4) is 0 Å². The summed E-state index contributed by atoms with van der Waals surface area (Å²) in [5.41, 5.74) is 0. The zero-order chi connectivity index (χ0) is 17.0. The van der Waals surface area contributed by atoms with E-state index in [-0.39, 0.29) is 11.3 Å². The highest BCUT2D eigenvalue weighted by Crippen LogP contribution is 2.28. The summed E-state index contributed by atoms with van der Waals surface area (Å²) in [5, 5.41) is 3.74. The average Bonchev–Trinajstić information content (AvgIpc) is 2.92. The Morgan fingerprint density at radius 1 is 1.30 bits per heavy atom. The van der Waals surface area contributed by atoms with Crippen LogP contribution < -0.4 is 0 Å². The Hall–Kier alpha value is -0.950. The van der Waals surface area contributed by atoms with Crippen molar-refractivity contribution in [1.82, 2.24) is 15.0 Å². The van der Waals surface area contributed by atoms with Crippen molar-refractivity contribution in [2.45, 2.75) is 70.2 Å². The lowest BCUT2D eigenvalue weighted by Gasteiger charge is -2.36. The number of nitrogens with zero attached hydrogens (tertiary/aromatic N) is 3. The SMILES string of the molecule is CC(C)CCc1noc(CN(C)[C@H]2CCCC[C@@H]2S(C)(=O)=O)n1. The number of hydrogen-bond acceptors (Lipinski definition) is 6. The van der Waals surface area contributed by atoms with Crippen LogP contribution in [0.5, 0.6) is 0 Å². The van der Waals surface area contributed by atoms with Gasteiger partial charge in [-0.1, -0.05) is 31.8 Å². The van der Waals surface area contributed by atoms with Crippen molar-refractivity contribution in [3.05, 3.63) is 11.7 Å². The predicted molar refractivity (Wildman–Crippen MR) is 89.8 cm³/mol. The molecule has 0 saturated heterocycles. The fourth-order valence-corrected chi connectivity index (χ4v) is 4.79. The topological polar surface area (TPSA) is 76.3 Å². The van der Waals surface area contributed by atoms with Gasteiger partial charge >= 0.3 is 0 Å². The molecule has 0 N–H and O–H groups in total. The minimum Gasteiger partial charge on any atom is -0.338 e. The van der Waals surface area contributed by atoms with Crippen LogP contribution >= 0.6 is 0 Å². The van der Waals surface area contributed by atoms with Crippen LogP contribution in [0.25, 0.3) is 0 Å². The third-order valence-electron chi connectivity index (χ3n) is 4.62. The molecule has 1 fully saturated rings. The van der Waals surface area contributed by atoms with Gasteiger partial charge in [0.25, 0.3) is 0 Å². The van der Waals surface area contributed by atoms with E-state index >= 15 is 0 Å². The molecule has 1 aromatic heterocycles. The van der Waals surface area contributed by atoms with E-state index < -0.39 is 9.84 Å². The van der Waals surface area contributed by atoms with Crippen molar-refractivity contribution >= 4 is 9.84 Å². The highest BCUT2D eigenvalue weighted by Gasteiger charge is 2.35. The highest BCUT2D eigenvalue weighted by molar-refractivity contribution is 7.91. The van der Waals surface area contributed by atoms with Crippen LogP contribution in [-0.4, -0.2) is 48.1 Å². The monoisotopic (exact) mass is 343 g/mol. The van der Waals surface area contributed by atoms with E-state index in [0.29, 0.717) is 18.4 Å². The van der Waals surface area contributed by atoms with Crippen LogP contribution in [0, 0.1) is 5.92 Å². The first-order chi connectivity index (χ1) is 10.8. The first-order valence-electron chi connectivity index (χ1n) is 8.48. The Balaban J connectivity index is 1.98. The molecule has 0 radical (unpaired) electrons. The Labute approximate surface area is 139 Å². The van der Waals surface area contributed by atoms with Gasteiger partial charge in [-0.25, -0.2) is 8.42 Å². The number of rotatable bonds is 7. The van der Waals surface area contributed by atoms with E-state index in [1.54, 1.807) is 0 Å². The van der Waals surface area contributed by atoms with Crippen LogP contribution in [0.1, 0.15) is 57.7 Å². The van der Waals surface area contributed by atoms with Crippen molar-refractivity contribution in [2.24, 2.45) is 5.92 Å². The maximum absolute atomic E-state index is 12.0. The molecule has 1 aromatic rings. The van der Waals surface area contributed by atoms with Crippen LogP contribution in [0.2, 0.25) is 0 Å². The summed E-state index contributed by atoms with van der Waals surface area (Å²) in [7, 11) is -1.08. The van der Waals surface area contributed by atoms with Crippen molar-refractivity contribution in [2.75, 3.05) is 13.3 Å². The van der Waals surface area contributed by atoms with E-state index in [0.717, 1.165) is 44.3 Å². The summed E-state index contributed by atoms with van der Waals surface area (Å²) in [5.74, 6) is 1.92. The minimum absolute atomic E-state index is 0.0322. The standard InChI is InChI=1S/C16H29N3O3S/c1-12(2)9-10-15-17-16(22-18-15)11-19(3)13-7-5-6-8-14(13)23(4,20)21/h12-14H,5-11H2,1-4H3/t13-,14-/m0/s1. The van der Waals surface area contributed by atoms with Gasteiger partial charge in [0, 0.05) is 18.7 Å². The molecule has 132 valence electrons. The molecule has 0 aromatic carbocycles. The second-order valence-corrected chi connectivity index (χ2v) is 9.44. The third-order valence-corrected chi connectivity index (χ3v) is 6.27. The lowest BCUT2D eigenvalue weighted by atomic mass is 9.94. The highest BCUT2D eigenvalue weighted by atomic mass is 32.2. The summed E-state index contributed by atoms with van der Waals surface area (Å²) in [6.07, 6.45) is 6.92. The van der Waals surface area contributed by atoms with Crippen LogP contribution in [-0.2, 0) is 22.8 Å². The third kappa shape index (κ3) is 5.28. The second kappa shape index (κ2) is 7.75. The van der Waals surface area contributed by atoms with E-state index in [9.17, 15) is 8.42 Å². The lowest BCUT2D eigenvalue weighted by molar-refractivity contribution is 0.167. The van der Waals surface area contributed by atoms with E-state index in [4.69, 9.17) is 4.52 Å². The molecule has 7 heteroatoms. The van der Waals surface area contributed by atoms with Crippen LogP contribution in [0.15, 0.2) is 4.52 Å². The molecule has 0 amide bonds. The lowest BCUT2D eigenvalue weighted by Crippen LogP contribution is -2.46. The van der Waals surface area contributed by atoms with E-state index in [2.05, 4.69) is 28.9 Å². The van der Waals surface area contributed by atoms with E-state index in [1.807, 2.05) is 7.05 Å². The Bertz CT molecular complexity index is 597. The fraction of sp³-hybridized carbons (Fsp3) is 0.875. The molecular weight excluding hydrogens is 314 g/mol. The zero-order valence-electron chi connectivity index (χ0n) is 14.7. The molecule has 0 aliphatic heterocycles. The molecule has 1 aliphatic rings. The van der Waals surface area contributed by atoms with Gasteiger partial charge in [-0.05, 0) is 32.2 Å². The van der Waals surface area contributed by atoms with Gasteiger partial charge in [0.05, 0.1) is 11.8 Å². The summed E-state index contributed by atoms with van der Waals surface area (Å²) in [4.78, 5) is 6.50. The smallest absolute Gasteiger partial charge is 0.240 e. The van der Waals surface area contributed by atoms with Crippen molar-refractivity contribution < 1.29 is 12.9 Å². The summed E-state index contributed by atoms with van der Waals surface area (Å²) in [6, 6.07) is 0.0322. The maximum atomic E-state index is 12.0. The molecule has 2 atom stereocenters. The van der Waals surface area contributed by atoms with Gasteiger partial charge in [-0.15, -0.1) is 0 Å². The Morgan fingerprint density at radius 2 is 2.00 bits per heavy atom. The largest absolute Gasteiger partial charge is 0.338 e. The van der Waals surface area contributed by atoms with Gasteiger partial charge in [-0.3, -0.25) is 4.90 Å². The summed E-state index contributed by atoms with van der Waals surface area (Å²) < 4.78 is 29.4. The van der Waals surface area contributed by atoms with E-state index in [1.165, 1.54) is 6.26 Å². The normalized spacial score (nSPS) is 22.9. The zero-order valence-corrected chi connectivity index (χ0v) is 15.5. The predicted octanol–water partition coefficient (Wildman–Crippen LogP) is 2.45. The molecule has 23 heavy (non-hydrogen) atoms. The molecule has 2 rings (SSSR count). The second-order valence-electron chi connectivity index (χ2n) is 7.17. The molecule has 0 bridgehead atoms. The molecule has 0 unspecified atom stereocenters. The Morgan fingerprint density at radius 3 is 2.65 bits per heavy atom.